The van der Waals surface area contributed by atoms with E-state index in [4.69, 9.17) is 10.5 Å². The molecule has 0 aromatic heterocycles. The molecular weight excluding hydrogens is 318 g/mol. The molecule has 138 valence electrons. The molecule has 6 heteroatoms. The van der Waals surface area contributed by atoms with E-state index in [1.807, 2.05) is 30.9 Å². The zero-order valence-corrected chi connectivity index (χ0v) is 15.4. The smallest absolute Gasteiger partial charge is 0.337 e. The molecule has 1 aliphatic rings. The van der Waals surface area contributed by atoms with E-state index in [0.717, 1.165) is 24.9 Å². The third kappa shape index (κ3) is 4.95. The largest absolute Gasteiger partial charge is 0.465 e. The minimum absolute atomic E-state index is 0.0421. The van der Waals surface area contributed by atoms with Gasteiger partial charge in [-0.15, -0.1) is 0 Å². The maximum atomic E-state index is 12.6. The summed E-state index contributed by atoms with van der Waals surface area (Å²) >= 11 is 0. The van der Waals surface area contributed by atoms with Crippen LogP contribution in [0.15, 0.2) is 24.3 Å². The van der Waals surface area contributed by atoms with E-state index in [9.17, 15) is 9.59 Å². The van der Waals surface area contributed by atoms with Gasteiger partial charge in [0.05, 0.1) is 18.2 Å². The second-order valence-electron chi connectivity index (χ2n) is 6.95. The second-order valence-corrected chi connectivity index (χ2v) is 6.95. The summed E-state index contributed by atoms with van der Waals surface area (Å²) < 4.78 is 4.75. The van der Waals surface area contributed by atoms with Gasteiger partial charge in [0.2, 0.25) is 5.91 Å². The molecule has 1 saturated heterocycles. The molecule has 0 radical (unpaired) electrons. The lowest BCUT2D eigenvalue weighted by Gasteiger charge is -2.37. The second kappa shape index (κ2) is 8.34. The zero-order valence-electron chi connectivity index (χ0n) is 15.4. The van der Waals surface area contributed by atoms with E-state index >= 15 is 0 Å². The number of hydrogen-bond acceptors (Lipinski definition) is 5. The summed E-state index contributed by atoms with van der Waals surface area (Å²) in [6.07, 6.45) is 3.31. The number of carbonyl (C=O) groups excluding carboxylic acids is 2. The van der Waals surface area contributed by atoms with E-state index in [0.29, 0.717) is 25.1 Å². The van der Waals surface area contributed by atoms with Crippen molar-refractivity contribution in [2.45, 2.75) is 51.1 Å². The standard InChI is InChI=1S/C19H29N3O3/c1-4-10-19(2,20)18(24)22-11-8-15(9-12-22)21-16-7-5-6-14(13-16)17(23)25-3/h5-7,13,15,21H,4,8-12,20H2,1-3H3. The molecule has 0 aliphatic carbocycles. The number of nitrogens with zero attached hydrogens (tertiary/aromatic N) is 1. The molecule has 3 N–H and O–H groups in total. The molecule has 0 spiro atoms. The van der Waals surface area contributed by atoms with Crippen LogP contribution in [0.5, 0.6) is 0 Å². The number of piperidine rings is 1. The average molecular weight is 347 g/mol. The number of rotatable bonds is 6. The third-order valence-corrected chi connectivity index (χ3v) is 4.69. The SMILES string of the molecule is CCCC(C)(N)C(=O)N1CCC(Nc2cccc(C(=O)OC)c2)CC1. The average Bonchev–Trinajstić information content (AvgIpc) is 2.61. The van der Waals surface area contributed by atoms with Gasteiger partial charge in [0, 0.05) is 24.8 Å². The van der Waals surface area contributed by atoms with Crippen molar-refractivity contribution in [2.24, 2.45) is 5.73 Å². The number of nitrogens with one attached hydrogen (secondary N) is 1. The van der Waals surface area contributed by atoms with Crippen LogP contribution in [0.4, 0.5) is 5.69 Å². The highest BCUT2D eigenvalue weighted by molar-refractivity contribution is 5.90. The Bertz CT molecular complexity index is 608. The first-order valence-electron chi connectivity index (χ1n) is 8.90. The summed E-state index contributed by atoms with van der Waals surface area (Å²) in [7, 11) is 1.37. The lowest BCUT2D eigenvalue weighted by Crippen LogP contribution is -2.55. The Kier molecular flexibility index (Phi) is 6.42. The Morgan fingerprint density at radius 3 is 2.64 bits per heavy atom. The summed E-state index contributed by atoms with van der Waals surface area (Å²) in [6, 6.07) is 7.56. The summed E-state index contributed by atoms with van der Waals surface area (Å²) in [4.78, 5) is 26.0. The Balaban J connectivity index is 1.90. The van der Waals surface area contributed by atoms with Crippen molar-refractivity contribution < 1.29 is 14.3 Å². The number of nitrogens with two attached hydrogens (primary N) is 1. The summed E-state index contributed by atoms with van der Waals surface area (Å²) in [5.41, 5.74) is 6.81. The molecule has 1 aromatic carbocycles. The number of amides is 1. The Morgan fingerprint density at radius 1 is 1.36 bits per heavy atom. The van der Waals surface area contributed by atoms with Crippen LogP contribution in [0.2, 0.25) is 0 Å². The number of methoxy groups -OCH3 is 1. The molecular formula is C19H29N3O3. The Morgan fingerprint density at radius 2 is 2.04 bits per heavy atom. The maximum absolute atomic E-state index is 12.6. The van der Waals surface area contributed by atoms with Crippen LogP contribution >= 0.6 is 0 Å². The monoisotopic (exact) mass is 347 g/mol. The lowest BCUT2D eigenvalue weighted by molar-refractivity contribution is -0.137. The predicted octanol–water partition coefficient (Wildman–Crippen LogP) is 2.39. The van der Waals surface area contributed by atoms with Crippen LogP contribution in [0, 0.1) is 0 Å². The number of benzene rings is 1. The molecule has 2 rings (SSSR count). The minimum atomic E-state index is -0.774. The highest BCUT2D eigenvalue weighted by atomic mass is 16.5. The first kappa shape index (κ1) is 19.2. The lowest BCUT2D eigenvalue weighted by atomic mass is 9.94. The van der Waals surface area contributed by atoms with Crippen molar-refractivity contribution in [3.63, 3.8) is 0 Å². The number of anilines is 1. The predicted molar refractivity (Wildman–Crippen MR) is 98.5 cm³/mol. The van der Waals surface area contributed by atoms with Gasteiger partial charge in [-0.2, -0.15) is 0 Å². The molecule has 0 saturated carbocycles. The van der Waals surface area contributed by atoms with Gasteiger partial charge >= 0.3 is 5.97 Å². The molecule has 1 heterocycles. The van der Waals surface area contributed by atoms with E-state index in [-0.39, 0.29) is 17.9 Å². The molecule has 1 unspecified atom stereocenters. The molecule has 1 fully saturated rings. The van der Waals surface area contributed by atoms with Crippen molar-refractivity contribution in [1.29, 1.82) is 0 Å². The van der Waals surface area contributed by atoms with E-state index < -0.39 is 5.54 Å². The minimum Gasteiger partial charge on any atom is -0.465 e. The van der Waals surface area contributed by atoms with Crippen LogP contribution in [-0.2, 0) is 9.53 Å². The number of hydrogen-bond donors (Lipinski definition) is 2. The number of likely N-dealkylation sites (tertiary alicyclic amines) is 1. The fraction of sp³-hybridized carbons (Fsp3) is 0.579. The molecule has 1 aliphatic heterocycles. The van der Waals surface area contributed by atoms with Gasteiger partial charge in [-0.3, -0.25) is 4.79 Å². The van der Waals surface area contributed by atoms with Crippen LogP contribution in [-0.4, -0.2) is 48.6 Å². The van der Waals surface area contributed by atoms with Crippen molar-refractivity contribution in [2.75, 3.05) is 25.5 Å². The highest BCUT2D eigenvalue weighted by Crippen LogP contribution is 2.21. The quantitative estimate of drug-likeness (QED) is 0.772. The highest BCUT2D eigenvalue weighted by Gasteiger charge is 2.33. The van der Waals surface area contributed by atoms with Crippen LogP contribution in [0.1, 0.15) is 49.9 Å². The van der Waals surface area contributed by atoms with Crippen molar-refractivity contribution in [3.05, 3.63) is 29.8 Å². The molecule has 6 nitrogen and oxygen atoms in total. The maximum Gasteiger partial charge on any atom is 0.337 e. The molecule has 25 heavy (non-hydrogen) atoms. The first-order chi connectivity index (χ1) is 11.9. The topological polar surface area (TPSA) is 84.7 Å². The van der Waals surface area contributed by atoms with E-state index in [1.165, 1.54) is 7.11 Å². The number of carbonyl (C=O) groups is 2. The van der Waals surface area contributed by atoms with E-state index in [2.05, 4.69) is 5.32 Å². The fourth-order valence-electron chi connectivity index (χ4n) is 3.30. The van der Waals surface area contributed by atoms with Crippen LogP contribution in [0.3, 0.4) is 0 Å². The van der Waals surface area contributed by atoms with Crippen molar-refractivity contribution in [3.8, 4) is 0 Å². The summed E-state index contributed by atoms with van der Waals surface area (Å²) in [5, 5.41) is 3.45. The normalized spacial score (nSPS) is 17.7. The van der Waals surface area contributed by atoms with Gasteiger partial charge in [0.25, 0.3) is 0 Å². The van der Waals surface area contributed by atoms with Gasteiger partial charge in [0.15, 0.2) is 0 Å². The van der Waals surface area contributed by atoms with Crippen LogP contribution < -0.4 is 11.1 Å². The Hall–Kier alpha value is -2.08. The molecule has 1 aromatic rings. The Labute approximate surface area is 149 Å². The summed E-state index contributed by atoms with van der Waals surface area (Å²) in [6.45, 7) is 5.26. The van der Waals surface area contributed by atoms with E-state index in [1.54, 1.807) is 12.1 Å². The van der Waals surface area contributed by atoms with Gasteiger partial charge < -0.3 is 20.7 Å². The van der Waals surface area contributed by atoms with Crippen molar-refractivity contribution >= 4 is 17.6 Å². The zero-order chi connectivity index (χ0) is 18.4. The number of esters is 1. The van der Waals surface area contributed by atoms with Crippen LogP contribution in [0.25, 0.3) is 0 Å². The third-order valence-electron chi connectivity index (χ3n) is 4.69. The molecule has 1 amide bonds. The van der Waals surface area contributed by atoms with Crippen molar-refractivity contribution in [1.82, 2.24) is 4.90 Å². The van der Waals surface area contributed by atoms with Gasteiger partial charge in [-0.05, 0) is 44.4 Å². The fourth-order valence-corrected chi connectivity index (χ4v) is 3.30. The number of ether oxygens (including phenoxy) is 1. The van der Waals surface area contributed by atoms with Gasteiger partial charge in [-0.1, -0.05) is 19.4 Å². The van der Waals surface area contributed by atoms with Gasteiger partial charge in [0.1, 0.15) is 0 Å². The first-order valence-corrected chi connectivity index (χ1v) is 8.90. The summed E-state index contributed by atoms with van der Waals surface area (Å²) in [5.74, 6) is -0.303. The molecule has 1 atom stereocenters. The molecule has 0 bridgehead atoms. The van der Waals surface area contributed by atoms with Gasteiger partial charge in [-0.25, -0.2) is 4.79 Å².